The monoisotopic (exact) mass is 353 g/mol. The topological polar surface area (TPSA) is 112 Å². The molecule has 1 aliphatic heterocycles. The Labute approximate surface area is 149 Å². The van der Waals surface area contributed by atoms with Gasteiger partial charge in [-0.3, -0.25) is 0 Å². The molecule has 5 rings (SSSR count). The van der Waals surface area contributed by atoms with Crippen LogP contribution in [0.1, 0.15) is 12.8 Å². The standard InChI is InChI=1S/C13H9N5O.C5H10O2/c14-13-15-7-8-5-6-10(18(8)17-13)12-16-9-3-1-2-4-11(9)19-12;6-5-2-1-3-7-4-5/h1-7H,(H2,14,17);5-6H,1-4H2. The van der Waals surface area contributed by atoms with E-state index < -0.39 is 0 Å². The van der Waals surface area contributed by atoms with Crippen LogP contribution in [-0.4, -0.2) is 44.0 Å². The number of aliphatic hydroxyl groups excluding tert-OH is 1. The van der Waals surface area contributed by atoms with Crippen LogP contribution in [-0.2, 0) is 4.74 Å². The first-order valence-corrected chi connectivity index (χ1v) is 8.43. The van der Waals surface area contributed by atoms with Crippen LogP contribution in [0, 0.1) is 0 Å². The molecule has 8 heteroatoms. The van der Waals surface area contributed by atoms with Gasteiger partial charge in [-0.25, -0.2) is 14.5 Å². The summed E-state index contributed by atoms with van der Waals surface area (Å²) < 4.78 is 12.3. The lowest BCUT2D eigenvalue weighted by molar-refractivity contribution is -0.00535. The number of hydrogen-bond donors (Lipinski definition) is 2. The van der Waals surface area contributed by atoms with Gasteiger partial charge in [0.2, 0.25) is 11.8 Å². The molecule has 1 aliphatic rings. The Morgan fingerprint density at radius 3 is 2.81 bits per heavy atom. The Morgan fingerprint density at radius 2 is 2.08 bits per heavy atom. The number of nitrogens with two attached hydrogens (primary N) is 1. The first kappa shape index (κ1) is 16.5. The lowest BCUT2D eigenvalue weighted by Gasteiger charge is -2.15. The van der Waals surface area contributed by atoms with Gasteiger partial charge in [-0.15, -0.1) is 5.10 Å². The quantitative estimate of drug-likeness (QED) is 0.540. The Hall–Kier alpha value is -2.97. The molecule has 1 fully saturated rings. The van der Waals surface area contributed by atoms with Crippen LogP contribution >= 0.6 is 0 Å². The highest BCUT2D eigenvalue weighted by atomic mass is 16.5. The van der Waals surface area contributed by atoms with Gasteiger partial charge >= 0.3 is 0 Å². The van der Waals surface area contributed by atoms with Crippen LogP contribution in [0.4, 0.5) is 5.95 Å². The normalized spacial score (nSPS) is 17.2. The van der Waals surface area contributed by atoms with Crippen LogP contribution in [0.25, 0.3) is 28.2 Å². The van der Waals surface area contributed by atoms with Crippen molar-refractivity contribution in [1.82, 2.24) is 19.6 Å². The number of para-hydroxylation sites is 2. The fraction of sp³-hybridized carbons (Fsp3) is 0.278. The minimum atomic E-state index is -0.186. The SMILES string of the molecule is Nc1ncc2ccc(-c3nc4ccccc4o3)n2n1.OC1CCCOC1. The van der Waals surface area contributed by atoms with Crippen molar-refractivity contribution in [2.45, 2.75) is 18.9 Å². The molecule has 1 unspecified atom stereocenters. The van der Waals surface area contributed by atoms with Gasteiger partial charge in [0.1, 0.15) is 11.2 Å². The molecule has 1 atom stereocenters. The molecule has 8 nitrogen and oxygen atoms in total. The number of nitrogen functional groups attached to an aromatic ring is 1. The predicted octanol–water partition coefficient (Wildman–Crippen LogP) is 2.28. The molecule has 1 saturated heterocycles. The summed E-state index contributed by atoms with van der Waals surface area (Å²) in [6.45, 7) is 1.37. The van der Waals surface area contributed by atoms with E-state index in [9.17, 15) is 0 Å². The van der Waals surface area contributed by atoms with Crippen molar-refractivity contribution in [2.24, 2.45) is 0 Å². The molecule has 4 aromatic rings. The largest absolute Gasteiger partial charge is 0.435 e. The maximum Gasteiger partial charge on any atom is 0.246 e. The van der Waals surface area contributed by atoms with E-state index in [1.54, 1.807) is 10.7 Å². The van der Waals surface area contributed by atoms with E-state index in [4.69, 9.17) is 20.0 Å². The summed E-state index contributed by atoms with van der Waals surface area (Å²) in [5.41, 5.74) is 8.76. The van der Waals surface area contributed by atoms with Crippen molar-refractivity contribution in [3.63, 3.8) is 0 Å². The van der Waals surface area contributed by atoms with Crippen molar-refractivity contribution in [3.05, 3.63) is 42.6 Å². The van der Waals surface area contributed by atoms with Crippen LogP contribution in [0.3, 0.4) is 0 Å². The summed E-state index contributed by atoms with van der Waals surface area (Å²) in [5.74, 6) is 0.723. The third kappa shape index (κ3) is 3.37. The van der Waals surface area contributed by atoms with Crippen LogP contribution in [0.2, 0.25) is 0 Å². The van der Waals surface area contributed by atoms with E-state index in [2.05, 4.69) is 15.1 Å². The van der Waals surface area contributed by atoms with E-state index in [1.165, 1.54) is 0 Å². The molecule has 0 radical (unpaired) electrons. The van der Waals surface area contributed by atoms with E-state index >= 15 is 0 Å². The summed E-state index contributed by atoms with van der Waals surface area (Å²) in [7, 11) is 0. The molecule has 0 amide bonds. The lowest BCUT2D eigenvalue weighted by atomic mass is 10.2. The molecule has 3 N–H and O–H groups in total. The van der Waals surface area contributed by atoms with Gasteiger partial charge in [-0.05, 0) is 37.1 Å². The molecule has 0 spiro atoms. The molecule has 0 bridgehead atoms. The van der Waals surface area contributed by atoms with Gasteiger partial charge in [-0.2, -0.15) is 0 Å². The summed E-state index contributed by atoms with van der Waals surface area (Å²) >= 11 is 0. The zero-order chi connectivity index (χ0) is 17.9. The zero-order valence-corrected chi connectivity index (χ0v) is 14.1. The summed E-state index contributed by atoms with van der Waals surface area (Å²) in [4.78, 5) is 8.40. The molecular weight excluding hydrogens is 334 g/mol. The second-order valence-electron chi connectivity index (χ2n) is 6.03. The first-order valence-electron chi connectivity index (χ1n) is 8.43. The summed E-state index contributed by atoms with van der Waals surface area (Å²) in [6, 6.07) is 11.4. The predicted molar refractivity (Wildman–Crippen MR) is 96.5 cm³/mol. The molecule has 26 heavy (non-hydrogen) atoms. The number of anilines is 1. The van der Waals surface area contributed by atoms with Gasteiger partial charge in [0, 0.05) is 6.61 Å². The van der Waals surface area contributed by atoms with Crippen LogP contribution < -0.4 is 5.73 Å². The molecule has 0 saturated carbocycles. The maximum atomic E-state index is 8.78. The summed E-state index contributed by atoms with van der Waals surface area (Å²) in [5, 5.41) is 12.9. The number of ether oxygens (including phenoxy) is 1. The van der Waals surface area contributed by atoms with Gasteiger partial charge in [0.05, 0.1) is 24.4 Å². The number of aliphatic hydroxyl groups is 1. The van der Waals surface area contributed by atoms with E-state index in [-0.39, 0.29) is 12.1 Å². The molecule has 4 heterocycles. The first-order chi connectivity index (χ1) is 12.7. The second kappa shape index (κ2) is 7.11. The van der Waals surface area contributed by atoms with Crippen molar-refractivity contribution in [3.8, 4) is 11.6 Å². The number of oxazole rings is 1. The van der Waals surface area contributed by atoms with E-state index in [0.29, 0.717) is 12.5 Å². The van der Waals surface area contributed by atoms with Gasteiger partial charge in [-0.1, -0.05) is 12.1 Å². The smallest absolute Gasteiger partial charge is 0.246 e. The number of rotatable bonds is 1. The zero-order valence-electron chi connectivity index (χ0n) is 14.1. The van der Waals surface area contributed by atoms with Crippen LogP contribution in [0.5, 0.6) is 0 Å². The number of fused-ring (bicyclic) bond motifs is 2. The minimum Gasteiger partial charge on any atom is -0.435 e. The number of nitrogens with zero attached hydrogens (tertiary/aromatic N) is 4. The second-order valence-corrected chi connectivity index (χ2v) is 6.03. The fourth-order valence-corrected chi connectivity index (χ4v) is 2.78. The lowest BCUT2D eigenvalue weighted by Crippen LogP contribution is -2.21. The molecule has 3 aromatic heterocycles. The highest BCUT2D eigenvalue weighted by Gasteiger charge is 2.13. The number of benzene rings is 1. The Bertz CT molecular complexity index is 987. The highest BCUT2D eigenvalue weighted by Crippen LogP contribution is 2.25. The van der Waals surface area contributed by atoms with Crippen molar-refractivity contribution < 1.29 is 14.3 Å². The van der Waals surface area contributed by atoms with E-state index in [0.717, 1.165) is 41.8 Å². The van der Waals surface area contributed by atoms with Gasteiger partial charge in [0.25, 0.3) is 0 Å². The van der Waals surface area contributed by atoms with Crippen molar-refractivity contribution in [1.29, 1.82) is 0 Å². The third-order valence-electron chi connectivity index (χ3n) is 4.07. The molecule has 0 aliphatic carbocycles. The highest BCUT2D eigenvalue weighted by molar-refractivity contribution is 5.76. The minimum absolute atomic E-state index is 0.186. The Balaban J connectivity index is 0.000000204. The average Bonchev–Trinajstić information content (AvgIpc) is 3.26. The fourth-order valence-electron chi connectivity index (χ4n) is 2.78. The van der Waals surface area contributed by atoms with Gasteiger partial charge < -0.3 is 20.0 Å². The third-order valence-corrected chi connectivity index (χ3v) is 4.07. The van der Waals surface area contributed by atoms with E-state index in [1.807, 2.05) is 36.4 Å². The average molecular weight is 353 g/mol. The number of hydrogen-bond acceptors (Lipinski definition) is 7. The Morgan fingerprint density at radius 1 is 1.19 bits per heavy atom. The maximum absolute atomic E-state index is 8.78. The Kier molecular flexibility index (Phi) is 4.51. The van der Waals surface area contributed by atoms with Crippen LogP contribution in [0.15, 0.2) is 47.0 Å². The molecule has 1 aromatic carbocycles. The van der Waals surface area contributed by atoms with Crippen molar-refractivity contribution in [2.75, 3.05) is 18.9 Å². The summed E-state index contributed by atoms with van der Waals surface area (Å²) in [6.07, 6.45) is 3.41. The molecular formula is C18H19N5O3. The molecule has 134 valence electrons. The van der Waals surface area contributed by atoms with Crippen molar-refractivity contribution >= 4 is 22.6 Å². The van der Waals surface area contributed by atoms with Gasteiger partial charge in [0.15, 0.2) is 5.58 Å². The number of aromatic nitrogens is 4.